The van der Waals surface area contributed by atoms with E-state index in [1.54, 1.807) is 0 Å². The zero-order chi connectivity index (χ0) is 13.3. The topological polar surface area (TPSA) is 45.0 Å². The largest absolute Gasteiger partial charge is 0.492 e. The minimum atomic E-state index is 0.105. The Morgan fingerprint density at radius 2 is 2.42 bits per heavy atom. The first kappa shape index (κ1) is 12.5. The summed E-state index contributed by atoms with van der Waals surface area (Å²) in [5.41, 5.74) is 2.05. The van der Waals surface area contributed by atoms with Gasteiger partial charge >= 0.3 is 0 Å². The molecule has 2 aliphatic rings. The maximum absolute atomic E-state index is 8.93. The predicted octanol–water partition coefficient (Wildman–Crippen LogP) is 2.74. The third kappa shape index (κ3) is 2.33. The Morgan fingerprint density at radius 3 is 3.16 bits per heavy atom. The third-order valence-corrected chi connectivity index (χ3v) is 4.51. The van der Waals surface area contributed by atoms with Gasteiger partial charge in [-0.1, -0.05) is 13.0 Å². The molecule has 0 aliphatic carbocycles. The minimum absolute atomic E-state index is 0.105. The Balaban J connectivity index is 1.74. The maximum atomic E-state index is 8.93. The molecule has 1 aromatic carbocycles. The number of hydrogen-bond donors (Lipinski definition) is 1. The van der Waals surface area contributed by atoms with Crippen LogP contribution in [-0.2, 0) is 5.41 Å². The standard InChI is InChI=1S/C16H20N2O/c1-16(7-6-13-3-2-8-18-13)11-19-15-9-12(10-17)4-5-14(15)16/h4-5,9,13,18H,2-3,6-8,11H2,1H3/t13-,16?/m1/s1. The number of benzene rings is 1. The van der Waals surface area contributed by atoms with Gasteiger partial charge in [0, 0.05) is 17.0 Å². The van der Waals surface area contributed by atoms with Gasteiger partial charge in [-0.2, -0.15) is 5.26 Å². The van der Waals surface area contributed by atoms with Gasteiger partial charge in [0.2, 0.25) is 0 Å². The van der Waals surface area contributed by atoms with Crippen LogP contribution in [0.3, 0.4) is 0 Å². The van der Waals surface area contributed by atoms with Crippen LogP contribution in [0.4, 0.5) is 0 Å². The second-order valence-corrected chi connectivity index (χ2v) is 6.00. The fourth-order valence-corrected chi connectivity index (χ4v) is 3.23. The molecule has 0 aromatic heterocycles. The second kappa shape index (κ2) is 4.86. The van der Waals surface area contributed by atoms with Gasteiger partial charge in [0.25, 0.3) is 0 Å². The molecule has 100 valence electrons. The fraction of sp³-hybridized carbons (Fsp3) is 0.562. The molecule has 1 aromatic rings. The zero-order valence-corrected chi connectivity index (χ0v) is 11.4. The van der Waals surface area contributed by atoms with Crippen LogP contribution in [0.5, 0.6) is 5.75 Å². The van der Waals surface area contributed by atoms with Gasteiger partial charge in [-0.3, -0.25) is 0 Å². The monoisotopic (exact) mass is 256 g/mol. The molecule has 1 N–H and O–H groups in total. The number of hydrogen-bond acceptors (Lipinski definition) is 3. The summed E-state index contributed by atoms with van der Waals surface area (Å²) in [7, 11) is 0. The van der Waals surface area contributed by atoms with E-state index >= 15 is 0 Å². The van der Waals surface area contributed by atoms with Crippen molar-refractivity contribution in [3.63, 3.8) is 0 Å². The molecule has 2 aliphatic heterocycles. The molecule has 1 saturated heterocycles. The van der Waals surface area contributed by atoms with Crippen molar-refractivity contribution in [2.75, 3.05) is 13.2 Å². The molecule has 0 spiro atoms. The van der Waals surface area contributed by atoms with E-state index in [9.17, 15) is 0 Å². The quantitative estimate of drug-likeness (QED) is 0.904. The summed E-state index contributed by atoms with van der Waals surface area (Å²) < 4.78 is 5.80. The lowest BCUT2D eigenvalue weighted by Crippen LogP contribution is -2.28. The van der Waals surface area contributed by atoms with Gasteiger partial charge in [-0.05, 0) is 44.4 Å². The van der Waals surface area contributed by atoms with Crippen LogP contribution in [0, 0.1) is 11.3 Å². The molecule has 0 amide bonds. The molecule has 0 saturated carbocycles. The van der Waals surface area contributed by atoms with E-state index in [1.807, 2.05) is 12.1 Å². The Hall–Kier alpha value is -1.53. The van der Waals surface area contributed by atoms with Gasteiger partial charge in [-0.25, -0.2) is 0 Å². The molecule has 2 atom stereocenters. The van der Waals surface area contributed by atoms with Crippen molar-refractivity contribution in [3.8, 4) is 11.8 Å². The van der Waals surface area contributed by atoms with Crippen molar-refractivity contribution < 1.29 is 4.74 Å². The van der Waals surface area contributed by atoms with Crippen molar-refractivity contribution in [1.82, 2.24) is 5.32 Å². The van der Waals surface area contributed by atoms with Gasteiger partial charge in [0.05, 0.1) is 18.2 Å². The highest BCUT2D eigenvalue weighted by molar-refractivity contribution is 5.48. The van der Waals surface area contributed by atoms with Gasteiger partial charge in [0.1, 0.15) is 5.75 Å². The maximum Gasteiger partial charge on any atom is 0.124 e. The van der Waals surface area contributed by atoms with Crippen LogP contribution in [0.2, 0.25) is 0 Å². The molecular formula is C16H20N2O. The van der Waals surface area contributed by atoms with Crippen molar-refractivity contribution in [3.05, 3.63) is 29.3 Å². The molecule has 3 rings (SSSR count). The number of nitriles is 1. The third-order valence-electron chi connectivity index (χ3n) is 4.51. The number of rotatable bonds is 3. The first-order valence-corrected chi connectivity index (χ1v) is 7.12. The summed E-state index contributed by atoms with van der Waals surface area (Å²) in [4.78, 5) is 0. The van der Waals surface area contributed by atoms with Gasteiger partial charge in [0.15, 0.2) is 0 Å². The summed E-state index contributed by atoms with van der Waals surface area (Å²) in [5.74, 6) is 0.904. The Kier molecular flexibility index (Phi) is 3.20. The smallest absolute Gasteiger partial charge is 0.124 e. The Labute approximate surface area is 114 Å². The average Bonchev–Trinajstić information content (AvgIpc) is 3.05. The summed E-state index contributed by atoms with van der Waals surface area (Å²) in [6.07, 6.45) is 4.96. The van der Waals surface area contributed by atoms with E-state index in [-0.39, 0.29) is 5.41 Å². The predicted molar refractivity (Wildman–Crippen MR) is 74.3 cm³/mol. The van der Waals surface area contributed by atoms with Crippen LogP contribution in [-0.4, -0.2) is 19.2 Å². The minimum Gasteiger partial charge on any atom is -0.492 e. The number of nitrogens with one attached hydrogen (secondary N) is 1. The normalized spacial score (nSPS) is 28.7. The fourth-order valence-electron chi connectivity index (χ4n) is 3.23. The van der Waals surface area contributed by atoms with E-state index in [0.29, 0.717) is 11.6 Å². The SMILES string of the molecule is CC1(CC[C@H]2CCCN2)COc2cc(C#N)ccc21. The van der Waals surface area contributed by atoms with Crippen molar-refractivity contribution in [2.45, 2.75) is 44.1 Å². The second-order valence-electron chi connectivity index (χ2n) is 6.00. The highest BCUT2D eigenvalue weighted by Gasteiger charge is 2.36. The first-order valence-electron chi connectivity index (χ1n) is 7.12. The van der Waals surface area contributed by atoms with Crippen LogP contribution in [0.15, 0.2) is 18.2 Å². The highest BCUT2D eigenvalue weighted by atomic mass is 16.5. The van der Waals surface area contributed by atoms with E-state index < -0.39 is 0 Å². The van der Waals surface area contributed by atoms with Gasteiger partial charge in [-0.15, -0.1) is 0 Å². The van der Waals surface area contributed by atoms with Crippen LogP contribution in [0.1, 0.15) is 43.7 Å². The van der Waals surface area contributed by atoms with Crippen molar-refractivity contribution >= 4 is 0 Å². The van der Waals surface area contributed by atoms with E-state index in [0.717, 1.165) is 18.8 Å². The van der Waals surface area contributed by atoms with E-state index in [1.165, 1.54) is 31.4 Å². The molecule has 3 heteroatoms. The molecule has 0 radical (unpaired) electrons. The summed E-state index contributed by atoms with van der Waals surface area (Å²) in [5, 5.41) is 12.5. The van der Waals surface area contributed by atoms with Crippen LogP contribution >= 0.6 is 0 Å². The lowest BCUT2D eigenvalue weighted by Gasteiger charge is -2.24. The summed E-state index contributed by atoms with van der Waals surface area (Å²) in [6, 6.07) is 8.69. The van der Waals surface area contributed by atoms with Crippen LogP contribution in [0.25, 0.3) is 0 Å². The molecule has 1 fully saturated rings. The van der Waals surface area contributed by atoms with Crippen molar-refractivity contribution in [2.24, 2.45) is 0 Å². The van der Waals surface area contributed by atoms with Crippen molar-refractivity contribution in [1.29, 1.82) is 5.26 Å². The van der Waals surface area contributed by atoms with Crippen LogP contribution < -0.4 is 10.1 Å². The highest BCUT2D eigenvalue weighted by Crippen LogP contribution is 2.42. The molecule has 2 heterocycles. The van der Waals surface area contributed by atoms with Gasteiger partial charge < -0.3 is 10.1 Å². The Morgan fingerprint density at radius 1 is 1.53 bits per heavy atom. The zero-order valence-electron chi connectivity index (χ0n) is 11.4. The molecule has 19 heavy (non-hydrogen) atoms. The first-order chi connectivity index (χ1) is 9.21. The molecule has 3 nitrogen and oxygen atoms in total. The summed E-state index contributed by atoms with van der Waals surface area (Å²) in [6.45, 7) is 4.18. The number of fused-ring (bicyclic) bond motifs is 1. The average molecular weight is 256 g/mol. The molecule has 0 bridgehead atoms. The molecular weight excluding hydrogens is 236 g/mol. The Bertz CT molecular complexity index is 514. The lowest BCUT2D eigenvalue weighted by molar-refractivity contribution is 0.259. The van der Waals surface area contributed by atoms with E-state index in [4.69, 9.17) is 10.00 Å². The van der Waals surface area contributed by atoms with E-state index in [2.05, 4.69) is 24.4 Å². The lowest BCUT2D eigenvalue weighted by atomic mass is 9.79. The summed E-state index contributed by atoms with van der Waals surface area (Å²) >= 11 is 0. The molecule has 1 unspecified atom stereocenters. The number of ether oxygens (including phenoxy) is 1. The number of nitrogens with zero attached hydrogens (tertiary/aromatic N) is 1.